The number of carbonyl (C=O) groups excluding carboxylic acids is 1. The van der Waals surface area contributed by atoms with Crippen molar-refractivity contribution >= 4 is 34.7 Å². The van der Waals surface area contributed by atoms with Crippen LogP contribution in [0.1, 0.15) is 11.8 Å². The summed E-state index contributed by atoms with van der Waals surface area (Å²) in [7, 11) is 0. The smallest absolute Gasteiger partial charge is 0.279 e. The molecular formula is C17H20N3OS2+. The van der Waals surface area contributed by atoms with Gasteiger partial charge in [0, 0.05) is 4.90 Å². The van der Waals surface area contributed by atoms with E-state index in [0.717, 1.165) is 23.7 Å². The van der Waals surface area contributed by atoms with Crippen LogP contribution in [-0.4, -0.2) is 24.7 Å². The zero-order chi connectivity index (χ0) is 16.5. The minimum Gasteiger partial charge on any atom is -0.323 e. The molecule has 1 amide bonds. The van der Waals surface area contributed by atoms with E-state index in [4.69, 9.17) is 5.26 Å². The molecule has 0 radical (unpaired) electrons. The Morgan fingerprint density at radius 2 is 2.17 bits per heavy atom. The molecule has 2 rings (SSSR count). The lowest BCUT2D eigenvalue weighted by Crippen LogP contribution is -3.11. The van der Waals surface area contributed by atoms with E-state index in [0.29, 0.717) is 12.3 Å². The van der Waals surface area contributed by atoms with Gasteiger partial charge in [-0.05, 0) is 30.5 Å². The summed E-state index contributed by atoms with van der Waals surface area (Å²) in [6.45, 7) is 4.29. The van der Waals surface area contributed by atoms with Crippen molar-refractivity contribution in [2.24, 2.45) is 0 Å². The van der Waals surface area contributed by atoms with Crippen molar-refractivity contribution < 1.29 is 9.69 Å². The Balaban J connectivity index is 1.94. The normalized spacial score (nSPS) is 11.7. The maximum absolute atomic E-state index is 12.3. The molecule has 0 fully saturated rings. The summed E-state index contributed by atoms with van der Waals surface area (Å²) in [5.74, 6) is 0.376. The Bertz CT molecular complexity index is 665. The Kier molecular flexibility index (Phi) is 7.14. The molecule has 0 aliphatic rings. The highest BCUT2D eigenvalue weighted by molar-refractivity contribution is 7.99. The van der Waals surface area contributed by atoms with Crippen molar-refractivity contribution in [3.8, 4) is 6.07 Å². The second-order valence-electron chi connectivity index (χ2n) is 5.03. The summed E-state index contributed by atoms with van der Waals surface area (Å²) in [6, 6.07) is 13.9. The molecule has 1 atom stereocenters. The average molecular weight is 347 g/mol. The SMILES string of the molecule is CC[NH+](CC(=O)Nc1ccccc1SCC#N)Cc1cccs1. The quantitative estimate of drug-likeness (QED) is 0.722. The number of anilines is 1. The van der Waals surface area contributed by atoms with Crippen LogP contribution in [0.3, 0.4) is 0 Å². The van der Waals surface area contributed by atoms with E-state index in [1.54, 1.807) is 11.3 Å². The van der Waals surface area contributed by atoms with Gasteiger partial charge in [0.05, 0.1) is 28.9 Å². The van der Waals surface area contributed by atoms with E-state index >= 15 is 0 Å². The van der Waals surface area contributed by atoms with E-state index in [1.165, 1.54) is 21.5 Å². The summed E-state index contributed by atoms with van der Waals surface area (Å²) in [5.41, 5.74) is 0.782. The Morgan fingerprint density at radius 3 is 2.87 bits per heavy atom. The molecule has 23 heavy (non-hydrogen) atoms. The van der Waals surface area contributed by atoms with Gasteiger partial charge in [0.2, 0.25) is 0 Å². The van der Waals surface area contributed by atoms with Gasteiger partial charge in [-0.25, -0.2) is 0 Å². The molecule has 1 aromatic heterocycles. The van der Waals surface area contributed by atoms with Crippen LogP contribution in [0.5, 0.6) is 0 Å². The molecule has 1 heterocycles. The van der Waals surface area contributed by atoms with Gasteiger partial charge < -0.3 is 10.2 Å². The number of amides is 1. The lowest BCUT2D eigenvalue weighted by Gasteiger charge is -2.17. The largest absolute Gasteiger partial charge is 0.323 e. The second kappa shape index (κ2) is 9.36. The number of nitriles is 1. The predicted octanol–water partition coefficient (Wildman–Crippen LogP) is 2.41. The van der Waals surface area contributed by atoms with Gasteiger partial charge in [-0.3, -0.25) is 4.79 Å². The molecule has 2 N–H and O–H groups in total. The van der Waals surface area contributed by atoms with Gasteiger partial charge in [0.1, 0.15) is 6.54 Å². The van der Waals surface area contributed by atoms with Crippen molar-refractivity contribution in [2.45, 2.75) is 18.4 Å². The minimum absolute atomic E-state index is 0.00316. The van der Waals surface area contributed by atoms with Crippen molar-refractivity contribution in [2.75, 3.05) is 24.2 Å². The average Bonchev–Trinajstić information content (AvgIpc) is 3.06. The molecule has 0 saturated carbocycles. The zero-order valence-corrected chi connectivity index (χ0v) is 14.7. The second-order valence-corrected chi connectivity index (χ2v) is 7.08. The van der Waals surface area contributed by atoms with Crippen LogP contribution in [-0.2, 0) is 11.3 Å². The third-order valence-corrected chi connectivity index (χ3v) is 5.19. The number of nitrogens with zero attached hydrogens (tertiary/aromatic N) is 1. The number of benzene rings is 1. The van der Waals surface area contributed by atoms with Crippen LogP contribution in [0.15, 0.2) is 46.7 Å². The molecule has 4 nitrogen and oxygen atoms in total. The fraction of sp³-hybridized carbons (Fsp3) is 0.294. The topological polar surface area (TPSA) is 57.3 Å². The van der Waals surface area contributed by atoms with Crippen LogP contribution in [0.2, 0.25) is 0 Å². The summed E-state index contributed by atoms with van der Waals surface area (Å²) in [5, 5.41) is 13.8. The van der Waals surface area contributed by atoms with Crippen LogP contribution in [0.4, 0.5) is 5.69 Å². The first-order chi connectivity index (χ1) is 11.2. The number of rotatable bonds is 8. The van der Waals surface area contributed by atoms with E-state index in [9.17, 15) is 4.79 Å². The fourth-order valence-corrected chi connectivity index (χ4v) is 3.65. The number of thioether (sulfide) groups is 1. The molecule has 0 aliphatic heterocycles. The third kappa shape index (κ3) is 5.71. The molecule has 0 aliphatic carbocycles. The van der Waals surface area contributed by atoms with E-state index < -0.39 is 0 Å². The summed E-state index contributed by atoms with van der Waals surface area (Å²) >= 11 is 3.16. The highest BCUT2D eigenvalue weighted by atomic mass is 32.2. The van der Waals surface area contributed by atoms with Gasteiger partial charge >= 0.3 is 0 Å². The lowest BCUT2D eigenvalue weighted by atomic mass is 10.3. The van der Waals surface area contributed by atoms with Crippen LogP contribution in [0, 0.1) is 11.3 Å². The molecule has 1 aromatic carbocycles. The first kappa shape index (κ1) is 17.5. The van der Waals surface area contributed by atoms with Crippen LogP contribution in [0.25, 0.3) is 0 Å². The fourth-order valence-electron chi connectivity index (χ4n) is 2.20. The maximum atomic E-state index is 12.3. The highest BCUT2D eigenvalue weighted by Gasteiger charge is 2.15. The molecule has 1 unspecified atom stereocenters. The lowest BCUT2D eigenvalue weighted by molar-refractivity contribution is -0.903. The Hall–Kier alpha value is -1.81. The van der Waals surface area contributed by atoms with Crippen molar-refractivity contribution in [1.82, 2.24) is 0 Å². The summed E-state index contributed by atoms with van der Waals surface area (Å²) < 4.78 is 0. The van der Waals surface area contributed by atoms with Crippen molar-refractivity contribution in [1.29, 1.82) is 5.26 Å². The maximum Gasteiger partial charge on any atom is 0.279 e. The first-order valence-electron chi connectivity index (χ1n) is 7.47. The van der Waals surface area contributed by atoms with Crippen LogP contribution >= 0.6 is 23.1 Å². The summed E-state index contributed by atoms with van der Waals surface area (Å²) in [4.78, 5) is 15.8. The van der Waals surface area contributed by atoms with Crippen LogP contribution < -0.4 is 10.2 Å². The van der Waals surface area contributed by atoms with Gasteiger partial charge in [0.15, 0.2) is 6.54 Å². The monoisotopic (exact) mass is 346 g/mol. The first-order valence-corrected chi connectivity index (χ1v) is 9.34. The highest BCUT2D eigenvalue weighted by Crippen LogP contribution is 2.26. The molecule has 0 bridgehead atoms. The Labute approximate surface area is 145 Å². The van der Waals surface area contributed by atoms with Crippen molar-refractivity contribution in [3.05, 3.63) is 46.7 Å². The number of para-hydroxylation sites is 1. The number of hydrogen-bond donors (Lipinski definition) is 2. The molecule has 0 spiro atoms. The van der Waals surface area contributed by atoms with Gasteiger partial charge in [0.25, 0.3) is 5.91 Å². The number of carbonyl (C=O) groups is 1. The molecule has 120 valence electrons. The van der Waals surface area contributed by atoms with E-state index in [2.05, 4.69) is 29.8 Å². The molecule has 0 saturated heterocycles. The number of nitrogens with one attached hydrogen (secondary N) is 2. The number of thiophene rings is 1. The number of hydrogen-bond acceptors (Lipinski definition) is 4. The number of likely N-dealkylation sites (N-methyl/N-ethyl adjacent to an activating group) is 1. The van der Waals surface area contributed by atoms with Gasteiger partial charge in [-0.15, -0.1) is 23.1 Å². The molecule has 6 heteroatoms. The molecule has 2 aromatic rings. The van der Waals surface area contributed by atoms with E-state index in [-0.39, 0.29) is 5.91 Å². The van der Waals surface area contributed by atoms with Crippen molar-refractivity contribution in [3.63, 3.8) is 0 Å². The zero-order valence-electron chi connectivity index (χ0n) is 13.0. The Morgan fingerprint density at radius 1 is 1.35 bits per heavy atom. The minimum atomic E-state index is 0.00316. The van der Waals surface area contributed by atoms with Gasteiger partial charge in [-0.1, -0.05) is 18.2 Å². The predicted molar refractivity (Wildman–Crippen MR) is 95.8 cm³/mol. The summed E-state index contributed by atoms with van der Waals surface area (Å²) in [6.07, 6.45) is 0. The number of quaternary nitrogens is 1. The van der Waals surface area contributed by atoms with E-state index in [1.807, 2.05) is 30.3 Å². The molecular weight excluding hydrogens is 326 g/mol. The van der Waals surface area contributed by atoms with Gasteiger partial charge in [-0.2, -0.15) is 5.26 Å². The third-order valence-electron chi connectivity index (χ3n) is 3.37. The standard InChI is InChI=1S/C17H19N3OS2/c1-2-20(12-14-6-5-10-22-14)13-17(21)19-15-7-3-4-8-16(15)23-11-9-18/h3-8,10H,2,11-13H2,1H3,(H,19,21)/p+1.